The molecule has 0 bridgehead atoms. The fourth-order valence-corrected chi connectivity index (χ4v) is 4.36. The molecule has 2 aromatic rings. The molecule has 0 spiro atoms. The summed E-state index contributed by atoms with van der Waals surface area (Å²) in [6.45, 7) is 6.33. The number of likely N-dealkylation sites (N-methyl/N-ethyl adjacent to an activating group) is 1. The first kappa shape index (κ1) is 19.3. The number of halogens is 1. The van der Waals surface area contributed by atoms with Crippen LogP contribution in [0.1, 0.15) is 30.4 Å². The maximum Gasteiger partial charge on any atom is 0.235 e. The third-order valence-electron chi connectivity index (χ3n) is 6.37. The Morgan fingerprint density at radius 2 is 1.71 bits per heavy atom. The van der Waals surface area contributed by atoms with E-state index in [1.165, 1.54) is 5.69 Å². The van der Waals surface area contributed by atoms with Gasteiger partial charge in [-0.25, -0.2) is 0 Å². The van der Waals surface area contributed by atoms with Gasteiger partial charge in [-0.15, -0.1) is 0 Å². The van der Waals surface area contributed by atoms with E-state index in [2.05, 4.69) is 47.3 Å². The second kappa shape index (κ2) is 7.76. The van der Waals surface area contributed by atoms with E-state index in [0.29, 0.717) is 5.02 Å². The van der Waals surface area contributed by atoms with Crippen LogP contribution in [-0.4, -0.2) is 44.0 Å². The van der Waals surface area contributed by atoms with E-state index >= 15 is 0 Å². The van der Waals surface area contributed by atoms with Crippen LogP contribution in [0.25, 0.3) is 0 Å². The third-order valence-corrected chi connectivity index (χ3v) is 6.62. The molecule has 148 valence electrons. The van der Waals surface area contributed by atoms with E-state index < -0.39 is 5.41 Å². The number of nitrogens with zero attached hydrogens (tertiary/aromatic N) is 2. The summed E-state index contributed by atoms with van der Waals surface area (Å²) >= 11 is 6.03. The van der Waals surface area contributed by atoms with E-state index in [0.717, 1.165) is 62.3 Å². The van der Waals surface area contributed by atoms with Crippen LogP contribution in [0.15, 0.2) is 42.5 Å². The molecule has 1 heterocycles. The zero-order chi connectivity index (χ0) is 19.7. The number of nitrogens with one attached hydrogen (secondary N) is 1. The van der Waals surface area contributed by atoms with E-state index in [-0.39, 0.29) is 5.91 Å². The fraction of sp³-hybridized carbons (Fsp3) is 0.435. The molecule has 2 aliphatic rings. The molecule has 2 aromatic carbocycles. The molecule has 4 rings (SSSR count). The molecule has 1 amide bonds. The van der Waals surface area contributed by atoms with Crippen LogP contribution in [0.5, 0.6) is 0 Å². The molecule has 1 saturated heterocycles. The molecular weight excluding hydrogens is 370 g/mol. The van der Waals surface area contributed by atoms with Crippen molar-refractivity contribution in [1.29, 1.82) is 0 Å². The van der Waals surface area contributed by atoms with Crippen molar-refractivity contribution in [3.63, 3.8) is 0 Å². The number of hydrogen-bond acceptors (Lipinski definition) is 3. The van der Waals surface area contributed by atoms with Crippen molar-refractivity contribution in [3.8, 4) is 0 Å². The van der Waals surface area contributed by atoms with Gasteiger partial charge in [-0.3, -0.25) is 4.79 Å². The number of carbonyl (C=O) groups is 1. The highest BCUT2D eigenvalue weighted by molar-refractivity contribution is 6.30. The normalized spacial score (nSPS) is 19.2. The number of rotatable bonds is 4. The van der Waals surface area contributed by atoms with Crippen molar-refractivity contribution in [2.75, 3.05) is 43.4 Å². The number of hydrogen-bond donors (Lipinski definition) is 1. The molecule has 4 nitrogen and oxygen atoms in total. The van der Waals surface area contributed by atoms with Crippen molar-refractivity contribution in [2.45, 2.75) is 31.6 Å². The highest BCUT2D eigenvalue weighted by atomic mass is 35.5. The van der Waals surface area contributed by atoms with Crippen LogP contribution in [0.4, 0.5) is 11.4 Å². The second-order valence-corrected chi connectivity index (χ2v) is 8.62. The minimum Gasteiger partial charge on any atom is -0.369 e. The molecular formula is C23H28ClN3O. The van der Waals surface area contributed by atoms with Crippen LogP contribution in [-0.2, 0) is 10.2 Å². The monoisotopic (exact) mass is 397 g/mol. The molecule has 0 unspecified atom stereocenters. The van der Waals surface area contributed by atoms with Crippen LogP contribution in [0, 0.1) is 6.92 Å². The highest BCUT2D eigenvalue weighted by Gasteiger charge is 2.45. The molecule has 1 aliphatic heterocycles. The van der Waals surface area contributed by atoms with E-state index in [9.17, 15) is 4.79 Å². The average Bonchev–Trinajstić information content (AvgIpc) is 2.65. The van der Waals surface area contributed by atoms with Gasteiger partial charge in [-0.2, -0.15) is 0 Å². The summed E-state index contributed by atoms with van der Waals surface area (Å²) in [7, 11) is 2.16. The summed E-state index contributed by atoms with van der Waals surface area (Å²) in [4.78, 5) is 18.0. The van der Waals surface area contributed by atoms with Gasteiger partial charge in [0.2, 0.25) is 5.91 Å². The van der Waals surface area contributed by atoms with Crippen molar-refractivity contribution < 1.29 is 4.79 Å². The Balaban J connectivity index is 1.50. The predicted octanol–water partition coefficient (Wildman–Crippen LogP) is 4.46. The van der Waals surface area contributed by atoms with Gasteiger partial charge >= 0.3 is 0 Å². The Kier molecular flexibility index (Phi) is 5.35. The van der Waals surface area contributed by atoms with Gasteiger partial charge in [0.15, 0.2) is 0 Å². The first-order chi connectivity index (χ1) is 13.5. The third kappa shape index (κ3) is 3.63. The van der Waals surface area contributed by atoms with E-state index in [1.807, 2.05) is 24.3 Å². The van der Waals surface area contributed by atoms with Gasteiger partial charge in [-0.1, -0.05) is 30.2 Å². The lowest BCUT2D eigenvalue weighted by molar-refractivity contribution is -0.124. The fourth-order valence-electron chi connectivity index (χ4n) is 4.24. The van der Waals surface area contributed by atoms with Crippen LogP contribution in [0.2, 0.25) is 5.02 Å². The maximum absolute atomic E-state index is 13.2. The van der Waals surface area contributed by atoms with Crippen molar-refractivity contribution in [2.24, 2.45) is 0 Å². The molecule has 0 atom stereocenters. The summed E-state index contributed by atoms with van der Waals surface area (Å²) in [5, 5.41) is 3.91. The number of anilines is 2. The Morgan fingerprint density at radius 1 is 1.04 bits per heavy atom. The standard InChI is InChI=1S/C23H28ClN3O/c1-17-16-20(27-14-12-26(2)13-15-27)8-9-21(17)25-22(28)23(10-3-11-23)18-4-6-19(24)7-5-18/h4-9,16H,3,10-15H2,1-2H3,(H,25,28). The molecule has 0 aromatic heterocycles. The van der Waals surface area contributed by atoms with Gasteiger partial charge in [0.05, 0.1) is 5.41 Å². The summed E-state index contributed by atoms with van der Waals surface area (Å²) in [5.74, 6) is 0.0940. The molecule has 2 fully saturated rings. The van der Waals surface area contributed by atoms with Gasteiger partial charge in [0.25, 0.3) is 0 Å². The van der Waals surface area contributed by atoms with Crippen molar-refractivity contribution >= 4 is 28.9 Å². The summed E-state index contributed by atoms with van der Waals surface area (Å²) in [6.07, 6.45) is 2.86. The molecule has 5 heteroatoms. The Labute approximate surface area is 172 Å². The maximum atomic E-state index is 13.2. The number of aryl methyl sites for hydroxylation is 1. The lowest BCUT2D eigenvalue weighted by Crippen LogP contribution is -2.46. The highest BCUT2D eigenvalue weighted by Crippen LogP contribution is 2.45. The number of benzene rings is 2. The smallest absolute Gasteiger partial charge is 0.235 e. The summed E-state index contributed by atoms with van der Waals surface area (Å²) in [5.41, 5.74) is 3.89. The molecule has 0 radical (unpaired) electrons. The summed E-state index contributed by atoms with van der Waals surface area (Å²) < 4.78 is 0. The Bertz CT molecular complexity index is 853. The second-order valence-electron chi connectivity index (χ2n) is 8.19. The molecule has 1 aliphatic carbocycles. The Morgan fingerprint density at radius 3 is 2.29 bits per heavy atom. The molecule has 28 heavy (non-hydrogen) atoms. The zero-order valence-corrected chi connectivity index (χ0v) is 17.4. The average molecular weight is 398 g/mol. The predicted molar refractivity (Wildman–Crippen MR) is 116 cm³/mol. The molecule has 1 N–H and O–H groups in total. The van der Waals surface area contributed by atoms with Crippen molar-refractivity contribution in [3.05, 3.63) is 58.6 Å². The Hall–Kier alpha value is -2.04. The number of carbonyl (C=O) groups excluding carboxylic acids is 1. The number of piperazine rings is 1. The minimum atomic E-state index is -0.423. The first-order valence-corrected chi connectivity index (χ1v) is 10.5. The zero-order valence-electron chi connectivity index (χ0n) is 16.7. The van der Waals surface area contributed by atoms with Crippen LogP contribution in [0.3, 0.4) is 0 Å². The SMILES string of the molecule is Cc1cc(N2CCN(C)CC2)ccc1NC(=O)C1(c2ccc(Cl)cc2)CCC1. The van der Waals surface area contributed by atoms with Gasteiger partial charge < -0.3 is 15.1 Å². The topological polar surface area (TPSA) is 35.6 Å². The molecule has 1 saturated carbocycles. The minimum absolute atomic E-state index is 0.0940. The van der Waals surface area contributed by atoms with Crippen molar-refractivity contribution in [1.82, 2.24) is 4.90 Å². The lowest BCUT2D eigenvalue weighted by atomic mass is 9.64. The largest absolute Gasteiger partial charge is 0.369 e. The van der Waals surface area contributed by atoms with Gasteiger partial charge in [0.1, 0.15) is 0 Å². The van der Waals surface area contributed by atoms with Crippen LogP contribution >= 0.6 is 11.6 Å². The summed E-state index contributed by atoms with van der Waals surface area (Å²) in [6, 6.07) is 14.1. The first-order valence-electron chi connectivity index (χ1n) is 10.1. The van der Waals surface area contributed by atoms with E-state index in [1.54, 1.807) is 0 Å². The quantitative estimate of drug-likeness (QED) is 0.827. The van der Waals surface area contributed by atoms with Gasteiger partial charge in [0, 0.05) is 42.6 Å². The van der Waals surface area contributed by atoms with E-state index in [4.69, 9.17) is 11.6 Å². The van der Waals surface area contributed by atoms with Crippen LogP contribution < -0.4 is 10.2 Å². The lowest BCUT2D eigenvalue weighted by Gasteiger charge is -2.41. The van der Waals surface area contributed by atoms with Gasteiger partial charge in [-0.05, 0) is 68.3 Å². The number of amides is 1.